The van der Waals surface area contributed by atoms with Crippen molar-refractivity contribution in [2.75, 3.05) is 66.5 Å². The number of carbonyl (C=O) groups is 3. The van der Waals surface area contributed by atoms with Gasteiger partial charge in [-0.25, -0.2) is 9.59 Å². The number of likely N-dealkylation sites (tertiary alicyclic amines) is 1. The van der Waals surface area contributed by atoms with E-state index in [4.69, 9.17) is 46.9 Å². The molecule has 3 amide bonds. The van der Waals surface area contributed by atoms with Gasteiger partial charge in [0, 0.05) is 24.5 Å². The zero-order valence-corrected chi connectivity index (χ0v) is 44.2. The molecule has 0 bridgehead atoms. The molecule has 20 nitrogen and oxygen atoms in total. The Morgan fingerprint density at radius 2 is 1.45 bits per heavy atom. The van der Waals surface area contributed by atoms with E-state index in [0.29, 0.717) is 54.9 Å². The number of rotatable bonds is 27. The summed E-state index contributed by atoms with van der Waals surface area (Å²) in [5, 5.41) is 19.4. The zero-order chi connectivity index (χ0) is 53.5. The van der Waals surface area contributed by atoms with Gasteiger partial charge in [0.1, 0.15) is 24.7 Å². The highest BCUT2D eigenvalue weighted by molar-refractivity contribution is 6.37. The number of methoxy groups -OCH3 is 1. The number of aryl methyl sites for hydroxylation is 2. The lowest BCUT2D eigenvalue weighted by Crippen LogP contribution is -2.71. The highest BCUT2D eigenvalue weighted by atomic mass is 35.5. The zero-order valence-electron chi connectivity index (χ0n) is 42.7. The van der Waals surface area contributed by atoms with Crippen LogP contribution in [0, 0.1) is 45.4 Å². The van der Waals surface area contributed by atoms with Crippen LogP contribution in [0.1, 0.15) is 107 Å². The van der Waals surface area contributed by atoms with Crippen molar-refractivity contribution >= 4 is 41.3 Å². The second-order valence-corrected chi connectivity index (χ2v) is 18.5. The van der Waals surface area contributed by atoms with Crippen molar-refractivity contribution < 1.29 is 62.7 Å². The molecule has 5 atom stereocenters. The molecule has 3 aromatic rings. The molecule has 2 saturated carbocycles. The maximum Gasteiger partial charge on any atom is 0.410 e. The molecule has 6 rings (SSSR count). The Hall–Kier alpha value is -5.99. The Morgan fingerprint density at radius 3 is 2.08 bits per heavy atom. The SMILES string of the molecule is CC.CCCN(Cc1ccc(OC)c(C)c1)C(=O)C1C(c2ccc(OCCCCOc3c(Cl)cc(C)cc3Cl)cc2)CC23CCCC2N(C(=O)OCCCCO[N+](=O)[O-])C13.NC(=O)OCCOCCO[N+](=O)[O-]. The van der Waals surface area contributed by atoms with Gasteiger partial charge in [0.15, 0.2) is 5.75 Å². The number of carbonyl (C=O) groups excluding carboxylic acids is 3. The van der Waals surface area contributed by atoms with Crippen LogP contribution in [0.4, 0.5) is 9.59 Å². The van der Waals surface area contributed by atoms with Crippen molar-refractivity contribution in [1.82, 2.24) is 9.80 Å². The Bertz CT molecular complexity index is 2220. The number of ether oxygens (including phenoxy) is 6. The fourth-order valence-electron chi connectivity index (χ4n) is 10.0. The third-order valence-electron chi connectivity index (χ3n) is 12.9. The van der Waals surface area contributed by atoms with E-state index in [1.54, 1.807) is 7.11 Å². The molecule has 0 aromatic heterocycles. The molecule has 2 aliphatic carbocycles. The van der Waals surface area contributed by atoms with E-state index in [-0.39, 0.29) is 69.0 Å². The van der Waals surface area contributed by atoms with Crippen molar-refractivity contribution in [3.05, 3.63) is 107 Å². The monoisotopic (exact) mass is 1060 g/mol. The van der Waals surface area contributed by atoms with Gasteiger partial charge in [-0.1, -0.05) is 74.7 Å². The standard InChI is InChI=1S/C44H55Cl2N3O9.C5H10N2O6.C2H6/c1-5-19-47(28-31-12-17-37(54-4)30(3)26-31)42(50)39-34(27-44-18-10-11-38(44)48(41(39)44)43(51)57-22-8-9-23-58-49(52)53)32-13-15-33(16-14-32)55-20-6-7-21-56-40-35(45)24-29(2)25-36(40)46;6-5(8)12-3-1-11-2-4-13-7(9)10;1-2/h12-17,24-26,34,38-39,41H,5-11,18-23,27-28H2,1-4H3;1-4H2,(H2,6,8);1-2H3. The van der Waals surface area contributed by atoms with Crippen LogP contribution in [0.25, 0.3) is 0 Å². The largest absolute Gasteiger partial charge is 0.496 e. The van der Waals surface area contributed by atoms with Crippen LogP contribution < -0.4 is 19.9 Å². The number of amides is 3. The first-order chi connectivity index (χ1) is 35.1. The first-order valence-corrected chi connectivity index (χ1v) is 25.6. The van der Waals surface area contributed by atoms with E-state index in [2.05, 4.69) is 45.3 Å². The molecule has 1 spiro atoms. The summed E-state index contributed by atoms with van der Waals surface area (Å²) in [7, 11) is 1.65. The van der Waals surface area contributed by atoms with Gasteiger partial charge < -0.3 is 53.6 Å². The molecule has 3 fully saturated rings. The van der Waals surface area contributed by atoms with Crippen LogP contribution in [0.5, 0.6) is 17.2 Å². The smallest absolute Gasteiger partial charge is 0.410 e. The van der Waals surface area contributed by atoms with Gasteiger partial charge in [0.25, 0.3) is 10.2 Å². The average Bonchev–Trinajstić information content (AvgIpc) is 3.84. The molecule has 73 heavy (non-hydrogen) atoms. The van der Waals surface area contributed by atoms with Crippen molar-refractivity contribution in [3.63, 3.8) is 0 Å². The summed E-state index contributed by atoms with van der Waals surface area (Å²) >= 11 is 12.6. The van der Waals surface area contributed by atoms with Crippen molar-refractivity contribution in [2.24, 2.45) is 17.1 Å². The highest BCUT2D eigenvalue weighted by Gasteiger charge is 2.73. The number of primary amides is 1. The Kier molecular flexibility index (Phi) is 24.7. The molecule has 22 heteroatoms. The number of nitrogens with two attached hydrogens (primary N) is 1. The number of halogens is 2. The van der Waals surface area contributed by atoms with Gasteiger partial charge in [-0.3, -0.25) is 4.79 Å². The van der Waals surface area contributed by atoms with Gasteiger partial charge in [0.2, 0.25) is 5.91 Å². The van der Waals surface area contributed by atoms with Gasteiger partial charge >= 0.3 is 12.2 Å². The van der Waals surface area contributed by atoms with E-state index in [9.17, 15) is 29.8 Å². The van der Waals surface area contributed by atoms with E-state index < -0.39 is 28.3 Å². The van der Waals surface area contributed by atoms with Crippen molar-refractivity contribution in [1.29, 1.82) is 0 Å². The predicted octanol–water partition coefficient (Wildman–Crippen LogP) is 10.1. The summed E-state index contributed by atoms with van der Waals surface area (Å²) in [5.41, 5.74) is 8.51. The molecule has 1 heterocycles. The van der Waals surface area contributed by atoms with Crippen molar-refractivity contribution in [2.45, 2.75) is 117 Å². The van der Waals surface area contributed by atoms with Crippen LogP contribution in [0.2, 0.25) is 10.0 Å². The summed E-state index contributed by atoms with van der Waals surface area (Å²) in [6.45, 7) is 12.1. The maximum atomic E-state index is 15.1. The molecule has 2 N–H and O–H groups in total. The lowest BCUT2D eigenvalue weighted by Gasteiger charge is -2.58. The third kappa shape index (κ3) is 17.0. The van der Waals surface area contributed by atoms with Crippen LogP contribution in [0.3, 0.4) is 0 Å². The topological polar surface area (TPSA) is 244 Å². The summed E-state index contributed by atoms with van der Waals surface area (Å²) in [4.78, 5) is 71.3. The summed E-state index contributed by atoms with van der Waals surface area (Å²) in [6.07, 6.45) is 5.42. The first kappa shape index (κ1) is 59.6. The molecule has 1 saturated heterocycles. The quantitative estimate of drug-likeness (QED) is 0.0424. The highest BCUT2D eigenvalue weighted by Crippen LogP contribution is 2.68. The summed E-state index contributed by atoms with van der Waals surface area (Å²) in [5.74, 6) is 1.50. The average molecular weight is 1070 g/mol. The molecule has 3 aliphatic rings. The fourth-order valence-corrected chi connectivity index (χ4v) is 10.7. The Morgan fingerprint density at radius 1 is 0.822 bits per heavy atom. The maximum absolute atomic E-state index is 15.1. The fraction of sp³-hybridized carbons (Fsp3) is 0.588. The minimum absolute atomic E-state index is 0.00312. The lowest BCUT2D eigenvalue weighted by molar-refractivity contribution is -0.758. The molecule has 5 unspecified atom stereocenters. The van der Waals surface area contributed by atoms with Crippen molar-refractivity contribution in [3.8, 4) is 17.2 Å². The van der Waals surface area contributed by atoms with E-state index in [1.807, 2.05) is 73.9 Å². The molecule has 3 aromatic carbocycles. The van der Waals surface area contributed by atoms with Gasteiger partial charge in [-0.15, -0.1) is 20.2 Å². The number of benzene rings is 3. The second kappa shape index (κ2) is 30.3. The van der Waals surface area contributed by atoms with Crippen LogP contribution in [-0.4, -0.2) is 117 Å². The number of nitrogens with zero attached hydrogens (tertiary/aromatic N) is 4. The summed E-state index contributed by atoms with van der Waals surface area (Å²) in [6, 6.07) is 17.5. The van der Waals surface area contributed by atoms with E-state index >= 15 is 4.79 Å². The molecule has 1 aliphatic heterocycles. The number of unbranched alkanes of at least 4 members (excludes halogenated alkanes) is 2. The molecular formula is C51H71Cl2N5O15. The van der Waals surface area contributed by atoms with E-state index in [0.717, 1.165) is 78.7 Å². The van der Waals surface area contributed by atoms with E-state index in [1.165, 1.54) is 0 Å². The first-order valence-electron chi connectivity index (χ1n) is 24.8. The molecule has 404 valence electrons. The van der Waals surface area contributed by atoms with Gasteiger partial charge in [-0.05, 0) is 124 Å². The number of hydrogen-bond donors (Lipinski definition) is 1. The normalized spacial score (nSPS) is 19.0. The van der Waals surface area contributed by atoms with Crippen LogP contribution in [0.15, 0.2) is 54.6 Å². The molecular weight excluding hydrogens is 993 g/mol. The van der Waals surface area contributed by atoms with Gasteiger partial charge in [0.05, 0.1) is 68.8 Å². The van der Waals surface area contributed by atoms with Crippen LogP contribution in [-0.2, 0) is 35.2 Å². The minimum Gasteiger partial charge on any atom is -0.496 e. The Balaban J connectivity index is 0.000000671. The Labute approximate surface area is 437 Å². The van der Waals surface area contributed by atoms with Crippen LogP contribution >= 0.6 is 23.2 Å². The molecule has 0 radical (unpaired) electrons. The predicted molar refractivity (Wildman–Crippen MR) is 272 cm³/mol. The minimum atomic E-state index is -0.913. The summed E-state index contributed by atoms with van der Waals surface area (Å²) < 4.78 is 32.3. The second-order valence-electron chi connectivity index (χ2n) is 17.6. The lowest BCUT2D eigenvalue weighted by atomic mass is 9.66. The third-order valence-corrected chi connectivity index (χ3v) is 13.4. The number of hydrogen-bond acceptors (Lipinski definition) is 15. The van der Waals surface area contributed by atoms with Gasteiger partial charge in [-0.2, -0.15) is 0 Å².